The maximum absolute atomic E-state index is 13.5. The predicted octanol–water partition coefficient (Wildman–Crippen LogP) is 3.29. The monoisotopic (exact) mass is 431 g/mol. The van der Waals surface area contributed by atoms with Gasteiger partial charge in [0.25, 0.3) is 0 Å². The minimum atomic E-state index is -3.86. The molecule has 7 nitrogen and oxygen atoms in total. The van der Waals surface area contributed by atoms with Crippen molar-refractivity contribution in [3.8, 4) is 22.4 Å². The number of hydrogen-bond acceptors (Lipinski definition) is 5. The maximum atomic E-state index is 13.5. The van der Waals surface area contributed by atoms with Crippen LogP contribution >= 0.6 is 0 Å². The van der Waals surface area contributed by atoms with Crippen molar-refractivity contribution >= 4 is 15.8 Å². The number of hydrogen-bond donors (Lipinski definition) is 1. The molecule has 0 aliphatic carbocycles. The van der Waals surface area contributed by atoms with Crippen molar-refractivity contribution in [1.29, 1.82) is 0 Å². The SMILES string of the molecule is COn1nc(C(=O)C(C)(C)C)c(-c2ccc(F)cc2)c1-c1ccc(S(N)(=O)=O)cc1. The first-order chi connectivity index (χ1) is 13.9. The third-order valence-electron chi connectivity index (χ3n) is 4.51. The van der Waals surface area contributed by atoms with Crippen molar-refractivity contribution in [2.75, 3.05) is 7.11 Å². The van der Waals surface area contributed by atoms with Crippen LogP contribution in [0, 0.1) is 11.2 Å². The number of ketones is 1. The quantitative estimate of drug-likeness (QED) is 0.624. The van der Waals surface area contributed by atoms with Gasteiger partial charge in [0.1, 0.15) is 24.3 Å². The summed E-state index contributed by atoms with van der Waals surface area (Å²) in [6, 6.07) is 11.5. The smallest absolute Gasteiger partial charge is 0.238 e. The first-order valence-corrected chi connectivity index (χ1v) is 10.6. The van der Waals surface area contributed by atoms with E-state index in [-0.39, 0.29) is 16.4 Å². The Kier molecular flexibility index (Phi) is 5.53. The number of halogens is 1. The van der Waals surface area contributed by atoms with Crippen LogP contribution < -0.4 is 9.98 Å². The zero-order valence-corrected chi connectivity index (χ0v) is 17.8. The number of benzene rings is 2. The number of nitrogens with zero attached hydrogens (tertiary/aromatic N) is 2. The Bertz CT molecular complexity index is 1190. The van der Waals surface area contributed by atoms with E-state index < -0.39 is 21.3 Å². The van der Waals surface area contributed by atoms with Crippen LogP contribution in [-0.4, -0.2) is 31.3 Å². The van der Waals surface area contributed by atoms with Crippen LogP contribution in [0.5, 0.6) is 0 Å². The van der Waals surface area contributed by atoms with Gasteiger partial charge in [0.2, 0.25) is 10.0 Å². The van der Waals surface area contributed by atoms with Crippen LogP contribution in [0.2, 0.25) is 0 Å². The van der Waals surface area contributed by atoms with E-state index in [1.165, 1.54) is 36.2 Å². The number of aromatic nitrogens is 2. The third kappa shape index (κ3) is 4.12. The molecule has 0 aliphatic heterocycles. The van der Waals surface area contributed by atoms with Crippen molar-refractivity contribution in [2.24, 2.45) is 10.6 Å². The summed E-state index contributed by atoms with van der Waals surface area (Å²) in [7, 11) is -2.46. The van der Waals surface area contributed by atoms with E-state index in [0.717, 1.165) is 0 Å². The van der Waals surface area contributed by atoms with Gasteiger partial charge in [-0.1, -0.05) is 49.9 Å². The predicted molar refractivity (Wildman–Crippen MR) is 111 cm³/mol. The lowest BCUT2D eigenvalue weighted by Crippen LogP contribution is -2.22. The van der Waals surface area contributed by atoms with E-state index >= 15 is 0 Å². The average Bonchev–Trinajstić information content (AvgIpc) is 3.06. The Morgan fingerprint density at radius 1 is 1.03 bits per heavy atom. The fourth-order valence-corrected chi connectivity index (χ4v) is 3.51. The number of Topliss-reactive ketones (excluding diaryl/α,β-unsaturated/α-hetero) is 1. The summed E-state index contributed by atoms with van der Waals surface area (Å²) in [5.41, 5.74) is 1.44. The number of carbonyl (C=O) groups excluding carboxylic acids is 1. The molecular formula is C21H22FN3O4S. The first kappa shape index (κ1) is 21.7. The standard InChI is InChI=1S/C21H22FN3O4S/c1-21(2,3)20(26)18-17(13-5-9-15(22)10-6-13)19(25(24-18)29-4)14-7-11-16(12-8-14)30(23,27)28/h5-12H,1-4H3,(H2,23,27,28). The van der Waals surface area contributed by atoms with Crippen LogP contribution in [0.3, 0.4) is 0 Å². The molecule has 0 aliphatic rings. The fraction of sp³-hybridized carbons (Fsp3) is 0.238. The van der Waals surface area contributed by atoms with E-state index in [0.29, 0.717) is 22.4 Å². The fourth-order valence-electron chi connectivity index (χ4n) is 2.99. The van der Waals surface area contributed by atoms with Crippen LogP contribution in [0.1, 0.15) is 31.3 Å². The second-order valence-electron chi connectivity index (χ2n) is 7.78. The van der Waals surface area contributed by atoms with E-state index in [9.17, 15) is 17.6 Å². The van der Waals surface area contributed by atoms with Gasteiger partial charge in [-0.25, -0.2) is 17.9 Å². The maximum Gasteiger partial charge on any atom is 0.238 e. The van der Waals surface area contributed by atoms with Gasteiger partial charge >= 0.3 is 0 Å². The molecule has 3 aromatic rings. The Labute approximate surface area is 174 Å². The van der Waals surface area contributed by atoms with E-state index in [4.69, 9.17) is 9.98 Å². The second-order valence-corrected chi connectivity index (χ2v) is 9.34. The molecule has 0 radical (unpaired) electrons. The van der Waals surface area contributed by atoms with Crippen molar-refractivity contribution in [3.63, 3.8) is 0 Å². The Balaban J connectivity index is 2.32. The number of sulfonamides is 1. The summed E-state index contributed by atoms with van der Waals surface area (Å²) in [4.78, 5) is 19.6. The van der Waals surface area contributed by atoms with Gasteiger partial charge in [-0.15, -0.1) is 5.10 Å². The molecule has 0 saturated heterocycles. The van der Waals surface area contributed by atoms with Gasteiger partial charge in [0, 0.05) is 16.5 Å². The topological polar surface area (TPSA) is 104 Å². The summed E-state index contributed by atoms with van der Waals surface area (Å²) in [5, 5.41) is 9.53. The molecule has 1 aromatic heterocycles. The van der Waals surface area contributed by atoms with Crippen molar-refractivity contribution in [2.45, 2.75) is 25.7 Å². The number of nitrogens with two attached hydrogens (primary N) is 1. The van der Waals surface area contributed by atoms with Gasteiger partial charge in [0.05, 0.1) is 4.90 Å². The summed E-state index contributed by atoms with van der Waals surface area (Å²) in [6.07, 6.45) is 0. The van der Waals surface area contributed by atoms with Crippen LogP contribution in [-0.2, 0) is 10.0 Å². The summed E-state index contributed by atoms with van der Waals surface area (Å²) < 4.78 is 36.7. The lowest BCUT2D eigenvalue weighted by molar-refractivity contribution is 0.0840. The third-order valence-corrected chi connectivity index (χ3v) is 5.44. The minimum absolute atomic E-state index is 0.0518. The molecule has 0 saturated carbocycles. The molecule has 2 N–H and O–H groups in total. The van der Waals surface area contributed by atoms with Gasteiger partial charge in [-0.2, -0.15) is 0 Å². The zero-order chi connectivity index (χ0) is 22.3. The first-order valence-electron chi connectivity index (χ1n) is 9.05. The second kappa shape index (κ2) is 7.66. The van der Waals surface area contributed by atoms with Crippen molar-refractivity contribution < 1.29 is 22.4 Å². The Morgan fingerprint density at radius 2 is 1.57 bits per heavy atom. The van der Waals surface area contributed by atoms with Gasteiger partial charge < -0.3 is 4.84 Å². The van der Waals surface area contributed by atoms with E-state index in [1.807, 2.05) is 0 Å². The van der Waals surface area contributed by atoms with Gasteiger partial charge in [-0.3, -0.25) is 4.79 Å². The summed E-state index contributed by atoms with van der Waals surface area (Å²) in [6.45, 7) is 5.32. The molecule has 158 valence electrons. The molecule has 9 heteroatoms. The number of rotatable bonds is 5. The highest BCUT2D eigenvalue weighted by Crippen LogP contribution is 2.37. The van der Waals surface area contributed by atoms with E-state index in [2.05, 4.69) is 5.10 Å². The molecule has 1 heterocycles. The molecule has 30 heavy (non-hydrogen) atoms. The lowest BCUT2D eigenvalue weighted by atomic mass is 9.85. The highest BCUT2D eigenvalue weighted by atomic mass is 32.2. The van der Waals surface area contributed by atoms with Crippen LogP contribution in [0.4, 0.5) is 4.39 Å². The largest absolute Gasteiger partial charge is 0.399 e. The molecule has 0 unspecified atom stereocenters. The normalized spacial score (nSPS) is 12.1. The highest BCUT2D eigenvalue weighted by Gasteiger charge is 2.32. The Hall–Kier alpha value is -3.04. The van der Waals surface area contributed by atoms with Crippen LogP contribution in [0.15, 0.2) is 53.4 Å². The van der Waals surface area contributed by atoms with Crippen molar-refractivity contribution in [3.05, 3.63) is 60.0 Å². The zero-order valence-electron chi connectivity index (χ0n) is 17.0. The van der Waals surface area contributed by atoms with Gasteiger partial charge in [0.15, 0.2) is 5.78 Å². The summed E-state index contributed by atoms with van der Waals surface area (Å²) >= 11 is 0. The molecule has 2 aromatic carbocycles. The molecule has 0 spiro atoms. The molecule has 0 bridgehead atoms. The highest BCUT2D eigenvalue weighted by molar-refractivity contribution is 7.89. The average molecular weight is 431 g/mol. The molecule has 0 fully saturated rings. The number of carbonyl (C=O) groups is 1. The van der Waals surface area contributed by atoms with Crippen molar-refractivity contribution in [1.82, 2.24) is 9.94 Å². The number of primary sulfonamides is 1. The lowest BCUT2D eigenvalue weighted by Gasteiger charge is -2.16. The summed E-state index contributed by atoms with van der Waals surface area (Å²) in [5.74, 6) is -0.638. The minimum Gasteiger partial charge on any atom is -0.399 e. The molecule has 3 rings (SSSR count). The molecular weight excluding hydrogens is 409 g/mol. The molecule has 0 atom stereocenters. The van der Waals surface area contributed by atoms with E-state index in [1.54, 1.807) is 45.0 Å². The van der Waals surface area contributed by atoms with Gasteiger partial charge in [-0.05, 0) is 29.8 Å². The molecule has 0 amide bonds. The van der Waals surface area contributed by atoms with Crippen LogP contribution in [0.25, 0.3) is 22.4 Å². The Morgan fingerprint density at radius 3 is 2.03 bits per heavy atom.